The molecule has 0 amide bonds. The third kappa shape index (κ3) is 5.15. The SMILES string of the molecule is CC(C)=CCC[C@@H](C)CCn1cc[n+](C)c1. The van der Waals surface area contributed by atoms with Crippen LogP contribution < -0.4 is 4.57 Å². The minimum Gasteiger partial charge on any atom is -0.240 e. The molecule has 0 N–H and O–H groups in total. The average molecular weight is 221 g/mol. The highest BCUT2D eigenvalue weighted by Gasteiger charge is 2.05. The molecule has 0 unspecified atom stereocenters. The number of hydrogen-bond donors (Lipinski definition) is 0. The minimum atomic E-state index is 0.809. The molecule has 0 saturated heterocycles. The first-order valence-corrected chi connectivity index (χ1v) is 6.22. The number of imidazole rings is 1. The second kappa shape index (κ2) is 6.51. The van der Waals surface area contributed by atoms with Gasteiger partial charge >= 0.3 is 0 Å². The summed E-state index contributed by atoms with van der Waals surface area (Å²) in [5.74, 6) is 0.809. The molecule has 1 atom stereocenters. The molecule has 1 aromatic rings. The van der Waals surface area contributed by atoms with Crippen molar-refractivity contribution in [3.05, 3.63) is 30.4 Å². The highest BCUT2D eigenvalue weighted by molar-refractivity contribution is 4.92. The van der Waals surface area contributed by atoms with E-state index in [1.54, 1.807) is 0 Å². The van der Waals surface area contributed by atoms with Crippen molar-refractivity contribution in [2.45, 2.75) is 46.6 Å². The molecule has 0 spiro atoms. The van der Waals surface area contributed by atoms with Gasteiger partial charge in [0.2, 0.25) is 6.33 Å². The Balaban J connectivity index is 2.20. The maximum atomic E-state index is 2.35. The summed E-state index contributed by atoms with van der Waals surface area (Å²) in [6.45, 7) is 7.83. The topological polar surface area (TPSA) is 8.81 Å². The maximum absolute atomic E-state index is 2.35. The largest absolute Gasteiger partial charge is 0.243 e. The molecule has 1 rings (SSSR count). The molecular formula is C14H25N2+. The van der Waals surface area contributed by atoms with Gasteiger partial charge < -0.3 is 0 Å². The van der Waals surface area contributed by atoms with Gasteiger partial charge in [-0.15, -0.1) is 0 Å². The predicted molar refractivity (Wildman–Crippen MR) is 68.1 cm³/mol. The molecule has 2 nitrogen and oxygen atoms in total. The first kappa shape index (κ1) is 13.0. The number of aryl methyl sites for hydroxylation is 2. The van der Waals surface area contributed by atoms with Gasteiger partial charge in [-0.2, -0.15) is 0 Å². The minimum absolute atomic E-state index is 0.809. The van der Waals surface area contributed by atoms with Crippen molar-refractivity contribution >= 4 is 0 Å². The average Bonchev–Trinajstić information content (AvgIpc) is 2.61. The fourth-order valence-electron chi connectivity index (χ4n) is 1.80. The molecule has 0 fully saturated rings. The zero-order valence-corrected chi connectivity index (χ0v) is 11.1. The van der Waals surface area contributed by atoms with Crippen LogP contribution in [0.1, 0.15) is 40.0 Å². The standard InChI is InChI=1S/C14H25N2/c1-13(2)6-5-7-14(3)8-9-16-11-10-15(4)12-16/h6,10-12,14H,5,7-9H2,1-4H3/q+1/t14-/m1/s1. The van der Waals surface area contributed by atoms with Crippen LogP contribution in [-0.4, -0.2) is 4.57 Å². The van der Waals surface area contributed by atoms with Gasteiger partial charge in [-0.05, 0) is 39.0 Å². The first-order valence-electron chi connectivity index (χ1n) is 6.22. The Bertz CT molecular complexity index is 332. The van der Waals surface area contributed by atoms with Crippen molar-refractivity contribution in [2.24, 2.45) is 13.0 Å². The summed E-state index contributed by atoms with van der Waals surface area (Å²) in [5, 5.41) is 0. The molecule has 0 saturated carbocycles. The molecule has 0 bridgehead atoms. The highest BCUT2D eigenvalue weighted by Crippen LogP contribution is 2.12. The Labute approximate surface area is 99.6 Å². The van der Waals surface area contributed by atoms with Gasteiger partial charge in [-0.3, -0.25) is 0 Å². The zero-order chi connectivity index (χ0) is 12.0. The molecular weight excluding hydrogens is 196 g/mol. The van der Waals surface area contributed by atoms with Crippen LogP contribution in [0.5, 0.6) is 0 Å². The molecule has 0 aliphatic rings. The Morgan fingerprint density at radius 1 is 1.38 bits per heavy atom. The van der Waals surface area contributed by atoms with Crippen molar-refractivity contribution in [1.82, 2.24) is 4.57 Å². The lowest BCUT2D eigenvalue weighted by molar-refractivity contribution is -0.671. The normalized spacial score (nSPS) is 12.5. The Morgan fingerprint density at radius 2 is 2.12 bits per heavy atom. The highest BCUT2D eigenvalue weighted by atomic mass is 15.1. The molecule has 0 aliphatic carbocycles. The van der Waals surface area contributed by atoms with Crippen LogP contribution in [-0.2, 0) is 13.6 Å². The molecule has 2 heteroatoms. The van der Waals surface area contributed by atoms with Crippen LogP contribution in [0.3, 0.4) is 0 Å². The van der Waals surface area contributed by atoms with E-state index in [1.165, 1.54) is 24.8 Å². The fourth-order valence-corrected chi connectivity index (χ4v) is 1.80. The van der Waals surface area contributed by atoms with E-state index in [9.17, 15) is 0 Å². The number of hydrogen-bond acceptors (Lipinski definition) is 0. The van der Waals surface area contributed by atoms with Gasteiger partial charge in [-0.25, -0.2) is 9.13 Å². The molecule has 0 aliphatic heterocycles. The van der Waals surface area contributed by atoms with Crippen molar-refractivity contribution < 1.29 is 4.57 Å². The van der Waals surface area contributed by atoms with E-state index >= 15 is 0 Å². The van der Waals surface area contributed by atoms with Gasteiger partial charge in [0.25, 0.3) is 0 Å². The van der Waals surface area contributed by atoms with E-state index in [0.29, 0.717) is 0 Å². The third-order valence-corrected chi connectivity index (χ3v) is 2.92. The van der Waals surface area contributed by atoms with Crippen molar-refractivity contribution in [2.75, 3.05) is 0 Å². The van der Waals surface area contributed by atoms with Gasteiger partial charge in [0.05, 0.1) is 13.6 Å². The van der Waals surface area contributed by atoms with Crippen molar-refractivity contribution in [1.29, 1.82) is 0 Å². The van der Waals surface area contributed by atoms with Crippen molar-refractivity contribution in [3.63, 3.8) is 0 Å². The lowest BCUT2D eigenvalue weighted by Gasteiger charge is -2.07. The van der Waals surface area contributed by atoms with E-state index < -0.39 is 0 Å². The van der Waals surface area contributed by atoms with E-state index in [1.807, 2.05) is 0 Å². The molecule has 0 radical (unpaired) electrons. The zero-order valence-electron chi connectivity index (χ0n) is 11.1. The molecule has 90 valence electrons. The van der Waals surface area contributed by atoms with Gasteiger partial charge in [0.15, 0.2) is 0 Å². The van der Waals surface area contributed by atoms with Gasteiger partial charge in [0.1, 0.15) is 12.4 Å². The summed E-state index contributed by atoms with van der Waals surface area (Å²) in [6, 6.07) is 0. The number of nitrogens with zero attached hydrogens (tertiary/aromatic N) is 2. The third-order valence-electron chi connectivity index (χ3n) is 2.92. The summed E-state index contributed by atoms with van der Waals surface area (Å²) in [4.78, 5) is 0. The summed E-state index contributed by atoms with van der Waals surface area (Å²) >= 11 is 0. The summed E-state index contributed by atoms with van der Waals surface area (Å²) in [6.07, 6.45) is 12.5. The lowest BCUT2D eigenvalue weighted by atomic mass is 10.0. The number of allylic oxidation sites excluding steroid dienone is 2. The van der Waals surface area contributed by atoms with Crippen LogP contribution >= 0.6 is 0 Å². The van der Waals surface area contributed by atoms with Crippen LogP contribution in [0, 0.1) is 5.92 Å². The quantitative estimate of drug-likeness (QED) is 0.515. The number of rotatable bonds is 6. The van der Waals surface area contributed by atoms with Crippen molar-refractivity contribution in [3.8, 4) is 0 Å². The fraction of sp³-hybridized carbons (Fsp3) is 0.643. The Kier molecular flexibility index (Phi) is 5.30. The number of aromatic nitrogens is 2. The van der Waals surface area contributed by atoms with E-state index in [2.05, 4.69) is 61.8 Å². The summed E-state index contributed by atoms with van der Waals surface area (Å²) < 4.78 is 4.35. The molecule has 1 heterocycles. The molecule has 0 aromatic carbocycles. The second-order valence-corrected chi connectivity index (χ2v) is 5.07. The lowest BCUT2D eigenvalue weighted by Crippen LogP contribution is -2.23. The predicted octanol–water partition coefficient (Wildman–Crippen LogP) is 3.09. The Hall–Kier alpha value is -1.05. The summed E-state index contributed by atoms with van der Waals surface area (Å²) in [7, 11) is 2.06. The smallest absolute Gasteiger partial charge is 0.240 e. The summed E-state index contributed by atoms with van der Waals surface area (Å²) in [5.41, 5.74) is 1.43. The molecule has 1 aromatic heterocycles. The van der Waals surface area contributed by atoms with Crippen LogP contribution in [0.2, 0.25) is 0 Å². The van der Waals surface area contributed by atoms with Crippen LogP contribution in [0.4, 0.5) is 0 Å². The maximum Gasteiger partial charge on any atom is 0.243 e. The van der Waals surface area contributed by atoms with E-state index in [-0.39, 0.29) is 0 Å². The van der Waals surface area contributed by atoms with E-state index in [0.717, 1.165) is 12.5 Å². The van der Waals surface area contributed by atoms with Gasteiger partial charge in [0, 0.05) is 0 Å². The first-order chi connectivity index (χ1) is 7.58. The monoisotopic (exact) mass is 221 g/mol. The second-order valence-electron chi connectivity index (χ2n) is 5.07. The Morgan fingerprint density at radius 3 is 2.69 bits per heavy atom. The van der Waals surface area contributed by atoms with Gasteiger partial charge in [-0.1, -0.05) is 18.6 Å². The van der Waals surface area contributed by atoms with Crippen LogP contribution in [0.25, 0.3) is 0 Å². The van der Waals surface area contributed by atoms with E-state index in [4.69, 9.17) is 0 Å². The van der Waals surface area contributed by atoms with Crippen LogP contribution in [0.15, 0.2) is 30.4 Å². The molecule has 16 heavy (non-hydrogen) atoms.